The molecule has 0 aliphatic heterocycles. The Morgan fingerprint density at radius 3 is 2.79 bits per heavy atom. The van der Waals surface area contributed by atoms with Gasteiger partial charge in [-0.15, -0.1) is 0 Å². The predicted molar refractivity (Wildman–Crippen MR) is 97.4 cm³/mol. The van der Waals surface area contributed by atoms with Crippen molar-refractivity contribution >= 4 is 39.4 Å². The van der Waals surface area contributed by atoms with Gasteiger partial charge >= 0.3 is 0 Å². The van der Waals surface area contributed by atoms with Crippen LogP contribution in [0.1, 0.15) is 41.7 Å². The summed E-state index contributed by atoms with van der Waals surface area (Å²) < 4.78 is 6.64. The van der Waals surface area contributed by atoms with Crippen molar-refractivity contribution in [3.8, 4) is 5.75 Å². The zero-order valence-corrected chi connectivity index (χ0v) is 15.9. The second kappa shape index (κ2) is 7.81. The van der Waals surface area contributed by atoms with Crippen LogP contribution in [0.2, 0.25) is 5.02 Å². The van der Waals surface area contributed by atoms with Crippen LogP contribution in [0.15, 0.2) is 22.7 Å². The Kier molecular flexibility index (Phi) is 6.01. The van der Waals surface area contributed by atoms with Gasteiger partial charge < -0.3 is 15.8 Å². The third-order valence-corrected chi connectivity index (χ3v) is 4.14. The Balaban J connectivity index is 2.40. The van der Waals surface area contributed by atoms with Crippen molar-refractivity contribution in [3.63, 3.8) is 0 Å². The SMILES string of the molecule is CCNC(=O)c1c(C)nc(N)nc1C(C)Oc1ccc(Cl)cc1Br. The summed E-state index contributed by atoms with van der Waals surface area (Å²) in [7, 11) is 0. The number of aryl methyl sites for hydroxylation is 1. The highest BCUT2D eigenvalue weighted by Gasteiger charge is 2.23. The van der Waals surface area contributed by atoms with Crippen molar-refractivity contribution in [1.82, 2.24) is 15.3 Å². The van der Waals surface area contributed by atoms with Crippen molar-refractivity contribution in [2.45, 2.75) is 26.9 Å². The van der Waals surface area contributed by atoms with Crippen LogP contribution in [-0.4, -0.2) is 22.4 Å². The highest BCUT2D eigenvalue weighted by molar-refractivity contribution is 9.10. The second-order valence-electron chi connectivity index (χ2n) is 5.12. The van der Waals surface area contributed by atoms with Crippen LogP contribution in [0.5, 0.6) is 5.75 Å². The van der Waals surface area contributed by atoms with E-state index in [1.807, 2.05) is 6.92 Å². The van der Waals surface area contributed by atoms with Crippen molar-refractivity contribution in [2.75, 3.05) is 12.3 Å². The number of nitrogens with zero attached hydrogens (tertiary/aromatic N) is 2. The van der Waals surface area contributed by atoms with E-state index in [4.69, 9.17) is 22.1 Å². The first-order valence-corrected chi connectivity index (χ1v) is 8.54. The zero-order valence-electron chi connectivity index (χ0n) is 13.6. The first-order valence-electron chi connectivity index (χ1n) is 7.37. The van der Waals surface area contributed by atoms with Crippen LogP contribution >= 0.6 is 27.5 Å². The minimum absolute atomic E-state index is 0.0983. The Bertz CT molecular complexity index is 770. The van der Waals surface area contributed by atoms with Gasteiger partial charge in [-0.2, -0.15) is 0 Å². The number of nitrogen functional groups attached to an aromatic ring is 1. The van der Waals surface area contributed by atoms with Gasteiger partial charge in [0.05, 0.1) is 21.4 Å². The fourth-order valence-corrected chi connectivity index (χ4v) is 3.03. The highest BCUT2D eigenvalue weighted by atomic mass is 79.9. The number of ether oxygens (including phenoxy) is 1. The molecule has 1 atom stereocenters. The van der Waals surface area contributed by atoms with Crippen molar-refractivity contribution in [1.29, 1.82) is 0 Å². The summed E-state index contributed by atoms with van der Waals surface area (Å²) in [6, 6.07) is 5.19. The van der Waals surface area contributed by atoms with Gasteiger partial charge in [-0.05, 0) is 54.9 Å². The molecule has 0 bridgehead atoms. The molecule has 1 aromatic heterocycles. The van der Waals surface area contributed by atoms with Crippen LogP contribution in [0.25, 0.3) is 0 Å². The van der Waals surface area contributed by atoms with E-state index >= 15 is 0 Å². The van der Waals surface area contributed by atoms with Gasteiger partial charge in [0.25, 0.3) is 5.91 Å². The molecule has 3 N–H and O–H groups in total. The molecule has 0 radical (unpaired) electrons. The predicted octanol–water partition coefficient (Wildman–Crippen LogP) is 3.67. The standard InChI is InChI=1S/C16H18BrClN4O2/c1-4-20-15(23)13-8(2)21-16(19)22-14(13)9(3)24-12-6-5-10(18)7-11(12)17/h5-7,9H,4H2,1-3H3,(H,20,23)(H2,19,21,22). The average molecular weight is 414 g/mol. The lowest BCUT2D eigenvalue weighted by Gasteiger charge is -2.19. The van der Waals surface area contributed by atoms with Gasteiger partial charge in [0.1, 0.15) is 11.9 Å². The molecule has 6 nitrogen and oxygen atoms in total. The van der Waals surface area contributed by atoms with E-state index in [0.29, 0.717) is 38.7 Å². The number of anilines is 1. The number of carbonyl (C=O) groups is 1. The van der Waals surface area contributed by atoms with Crippen LogP contribution in [0.4, 0.5) is 5.95 Å². The van der Waals surface area contributed by atoms with E-state index in [2.05, 4.69) is 31.2 Å². The number of carbonyl (C=O) groups excluding carboxylic acids is 1. The topological polar surface area (TPSA) is 90.1 Å². The summed E-state index contributed by atoms with van der Waals surface area (Å²) in [4.78, 5) is 20.7. The Morgan fingerprint density at radius 2 is 2.17 bits per heavy atom. The van der Waals surface area contributed by atoms with Gasteiger partial charge in [-0.3, -0.25) is 4.79 Å². The molecule has 2 rings (SSSR count). The summed E-state index contributed by atoms with van der Waals surface area (Å²) in [5.41, 5.74) is 7.07. The molecule has 0 spiro atoms. The number of nitrogens with one attached hydrogen (secondary N) is 1. The van der Waals surface area contributed by atoms with Crippen molar-refractivity contribution in [2.24, 2.45) is 0 Å². The maximum atomic E-state index is 12.4. The van der Waals surface area contributed by atoms with E-state index in [-0.39, 0.29) is 11.9 Å². The second-order valence-corrected chi connectivity index (χ2v) is 6.41. The fraction of sp³-hybridized carbons (Fsp3) is 0.312. The molecule has 1 heterocycles. The third-order valence-electron chi connectivity index (χ3n) is 3.28. The van der Waals surface area contributed by atoms with Gasteiger partial charge in [0.2, 0.25) is 5.95 Å². The molecular formula is C16H18BrClN4O2. The Labute approximate surface area is 153 Å². The van der Waals surface area contributed by atoms with E-state index in [1.165, 1.54) is 0 Å². The molecule has 0 aliphatic carbocycles. The maximum Gasteiger partial charge on any atom is 0.255 e. The first-order chi connectivity index (χ1) is 11.3. The summed E-state index contributed by atoms with van der Waals surface area (Å²) in [5.74, 6) is 0.431. The molecule has 0 aliphatic rings. The van der Waals surface area contributed by atoms with Crippen LogP contribution in [-0.2, 0) is 0 Å². The molecule has 0 fully saturated rings. The average Bonchev–Trinajstić information content (AvgIpc) is 2.49. The summed E-state index contributed by atoms with van der Waals surface area (Å²) >= 11 is 9.34. The minimum atomic E-state index is -0.510. The number of hydrogen-bond donors (Lipinski definition) is 2. The van der Waals surface area contributed by atoms with E-state index in [0.717, 1.165) is 0 Å². The molecular weight excluding hydrogens is 396 g/mol. The molecule has 0 saturated heterocycles. The Hall–Kier alpha value is -1.86. The number of benzene rings is 1. The lowest BCUT2D eigenvalue weighted by molar-refractivity contribution is 0.0949. The van der Waals surface area contributed by atoms with Gasteiger partial charge in [0.15, 0.2) is 0 Å². The quantitative estimate of drug-likeness (QED) is 0.780. The molecule has 8 heteroatoms. The largest absolute Gasteiger partial charge is 0.483 e. The number of rotatable bonds is 5. The van der Waals surface area contributed by atoms with Crippen molar-refractivity contribution < 1.29 is 9.53 Å². The zero-order chi connectivity index (χ0) is 17.9. The molecule has 1 unspecified atom stereocenters. The van der Waals surface area contributed by atoms with Crippen LogP contribution < -0.4 is 15.8 Å². The molecule has 24 heavy (non-hydrogen) atoms. The number of nitrogens with two attached hydrogens (primary N) is 1. The maximum absolute atomic E-state index is 12.4. The minimum Gasteiger partial charge on any atom is -0.483 e. The number of aromatic nitrogens is 2. The molecule has 0 saturated carbocycles. The van der Waals surface area contributed by atoms with Crippen LogP contribution in [0.3, 0.4) is 0 Å². The van der Waals surface area contributed by atoms with E-state index in [9.17, 15) is 4.79 Å². The Morgan fingerprint density at radius 1 is 1.46 bits per heavy atom. The number of halogens is 2. The summed E-state index contributed by atoms with van der Waals surface area (Å²) in [6.45, 7) is 5.86. The normalized spacial score (nSPS) is 11.9. The fourth-order valence-electron chi connectivity index (χ4n) is 2.26. The van der Waals surface area contributed by atoms with Gasteiger partial charge in [-0.25, -0.2) is 9.97 Å². The first kappa shape index (κ1) is 18.5. The summed E-state index contributed by atoms with van der Waals surface area (Å²) in [6.07, 6.45) is -0.510. The molecule has 1 amide bonds. The van der Waals surface area contributed by atoms with Crippen molar-refractivity contribution in [3.05, 3.63) is 44.6 Å². The molecule has 2 aromatic rings. The van der Waals surface area contributed by atoms with E-state index < -0.39 is 6.10 Å². The monoisotopic (exact) mass is 412 g/mol. The lowest BCUT2D eigenvalue weighted by atomic mass is 10.1. The third kappa shape index (κ3) is 4.15. The van der Waals surface area contributed by atoms with Crippen LogP contribution in [0, 0.1) is 6.92 Å². The van der Waals surface area contributed by atoms with Gasteiger partial charge in [-0.1, -0.05) is 11.6 Å². The smallest absolute Gasteiger partial charge is 0.255 e. The summed E-state index contributed by atoms with van der Waals surface area (Å²) in [5, 5.41) is 3.35. The number of amides is 1. The number of hydrogen-bond acceptors (Lipinski definition) is 5. The van der Waals surface area contributed by atoms with E-state index in [1.54, 1.807) is 32.0 Å². The lowest BCUT2D eigenvalue weighted by Crippen LogP contribution is -2.27. The highest BCUT2D eigenvalue weighted by Crippen LogP contribution is 2.32. The molecule has 128 valence electrons. The molecule has 1 aromatic carbocycles. The van der Waals surface area contributed by atoms with Gasteiger partial charge in [0, 0.05) is 11.6 Å².